The minimum Gasteiger partial charge on any atom is -0.478 e. The Balaban J connectivity index is 3.13. The molecule has 0 aliphatic rings. The van der Waals surface area contributed by atoms with Gasteiger partial charge in [-0.3, -0.25) is 4.98 Å². The minimum atomic E-state index is -0.906. The van der Waals surface area contributed by atoms with E-state index in [0.717, 1.165) is 6.54 Å². The quantitative estimate of drug-likeness (QED) is 0.854. The molecule has 4 nitrogen and oxygen atoms in total. The number of rotatable bonds is 5. The van der Waals surface area contributed by atoms with E-state index in [-0.39, 0.29) is 6.04 Å². The maximum atomic E-state index is 11.2. The molecule has 94 valence electrons. The van der Waals surface area contributed by atoms with Crippen LogP contribution in [0.2, 0.25) is 0 Å². The molecule has 1 rings (SSSR count). The van der Waals surface area contributed by atoms with Gasteiger partial charge in [0.1, 0.15) is 0 Å². The number of anilines is 1. The van der Waals surface area contributed by atoms with E-state index in [2.05, 4.69) is 37.6 Å². The van der Waals surface area contributed by atoms with Crippen LogP contribution in [0.3, 0.4) is 0 Å². The Morgan fingerprint density at radius 3 is 2.53 bits per heavy atom. The molecule has 1 N–H and O–H groups in total. The second-order valence-corrected chi connectivity index (χ2v) is 4.84. The number of hydrogen-bond acceptors (Lipinski definition) is 3. The first-order chi connectivity index (χ1) is 7.93. The largest absolute Gasteiger partial charge is 0.478 e. The lowest BCUT2D eigenvalue weighted by atomic mass is 10.1. The Morgan fingerprint density at radius 2 is 2.06 bits per heavy atom. The summed E-state index contributed by atoms with van der Waals surface area (Å²) < 4.78 is 0. The fourth-order valence-electron chi connectivity index (χ4n) is 1.78. The van der Waals surface area contributed by atoms with Crippen molar-refractivity contribution >= 4 is 11.7 Å². The summed E-state index contributed by atoms with van der Waals surface area (Å²) in [4.78, 5) is 17.3. The SMILES string of the molecule is CC(C)CN(c1cnccc1C(=O)O)C(C)C. The van der Waals surface area contributed by atoms with Crippen LogP contribution in [-0.4, -0.2) is 28.6 Å². The van der Waals surface area contributed by atoms with Gasteiger partial charge in [0.25, 0.3) is 0 Å². The van der Waals surface area contributed by atoms with E-state index >= 15 is 0 Å². The van der Waals surface area contributed by atoms with Crippen LogP contribution in [0.1, 0.15) is 38.1 Å². The summed E-state index contributed by atoms with van der Waals surface area (Å²) in [6.45, 7) is 9.17. The van der Waals surface area contributed by atoms with E-state index < -0.39 is 5.97 Å². The smallest absolute Gasteiger partial charge is 0.337 e. The number of hydrogen-bond donors (Lipinski definition) is 1. The molecule has 17 heavy (non-hydrogen) atoms. The van der Waals surface area contributed by atoms with Crippen LogP contribution in [0.4, 0.5) is 5.69 Å². The average Bonchev–Trinajstić information content (AvgIpc) is 2.25. The molecule has 0 fully saturated rings. The van der Waals surface area contributed by atoms with Crippen LogP contribution in [-0.2, 0) is 0 Å². The molecule has 0 radical (unpaired) electrons. The monoisotopic (exact) mass is 236 g/mol. The molecule has 0 saturated heterocycles. The molecule has 0 spiro atoms. The lowest BCUT2D eigenvalue weighted by molar-refractivity contribution is 0.0697. The summed E-state index contributed by atoms with van der Waals surface area (Å²) in [5.74, 6) is -0.434. The lowest BCUT2D eigenvalue weighted by Gasteiger charge is -2.31. The molecule has 0 aliphatic carbocycles. The zero-order valence-electron chi connectivity index (χ0n) is 10.8. The maximum Gasteiger partial charge on any atom is 0.337 e. The van der Waals surface area contributed by atoms with Gasteiger partial charge in [-0.05, 0) is 25.8 Å². The second-order valence-electron chi connectivity index (χ2n) is 4.84. The van der Waals surface area contributed by atoms with Crippen molar-refractivity contribution in [2.45, 2.75) is 33.7 Å². The van der Waals surface area contributed by atoms with E-state index in [0.29, 0.717) is 17.2 Å². The third kappa shape index (κ3) is 3.44. The summed E-state index contributed by atoms with van der Waals surface area (Å²) in [7, 11) is 0. The fourth-order valence-corrected chi connectivity index (χ4v) is 1.78. The first-order valence-corrected chi connectivity index (χ1v) is 5.87. The summed E-state index contributed by atoms with van der Waals surface area (Å²) in [5, 5.41) is 9.18. The van der Waals surface area contributed by atoms with Gasteiger partial charge >= 0.3 is 5.97 Å². The summed E-state index contributed by atoms with van der Waals surface area (Å²) in [6.07, 6.45) is 3.15. The van der Waals surface area contributed by atoms with Crippen molar-refractivity contribution < 1.29 is 9.90 Å². The van der Waals surface area contributed by atoms with E-state index in [4.69, 9.17) is 0 Å². The molecule has 1 aromatic rings. The Kier molecular flexibility index (Phi) is 4.49. The predicted molar refractivity (Wildman–Crippen MR) is 68.5 cm³/mol. The van der Waals surface area contributed by atoms with Gasteiger partial charge in [-0.1, -0.05) is 13.8 Å². The van der Waals surface area contributed by atoms with Gasteiger partial charge in [0.15, 0.2) is 0 Å². The van der Waals surface area contributed by atoms with Gasteiger partial charge < -0.3 is 10.0 Å². The topological polar surface area (TPSA) is 53.4 Å². The Labute approximate surface area is 102 Å². The number of carbonyl (C=O) groups is 1. The highest BCUT2D eigenvalue weighted by atomic mass is 16.4. The Bertz CT molecular complexity index is 389. The molecule has 4 heteroatoms. The van der Waals surface area contributed by atoms with Gasteiger partial charge in [0.05, 0.1) is 17.4 Å². The molecule has 0 aliphatic heterocycles. The summed E-state index contributed by atoms with van der Waals surface area (Å²) in [6, 6.07) is 1.80. The predicted octanol–water partition coefficient (Wildman–Crippen LogP) is 2.65. The van der Waals surface area contributed by atoms with Gasteiger partial charge in [-0.25, -0.2) is 4.79 Å². The molecule has 0 aromatic carbocycles. The van der Waals surface area contributed by atoms with Gasteiger partial charge in [-0.15, -0.1) is 0 Å². The molecule has 0 bridgehead atoms. The third-order valence-electron chi connectivity index (χ3n) is 2.53. The highest BCUT2D eigenvalue weighted by molar-refractivity contribution is 5.94. The van der Waals surface area contributed by atoms with Crippen molar-refractivity contribution in [3.05, 3.63) is 24.0 Å². The molecular weight excluding hydrogens is 216 g/mol. The third-order valence-corrected chi connectivity index (χ3v) is 2.53. The number of pyridine rings is 1. The Morgan fingerprint density at radius 1 is 1.41 bits per heavy atom. The minimum absolute atomic E-state index is 0.250. The molecule has 0 amide bonds. The van der Waals surface area contributed by atoms with Crippen LogP contribution in [0.5, 0.6) is 0 Å². The van der Waals surface area contributed by atoms with Crippen molar-refractivity contribution in [3.8, 4) is 0 Å². The standard InChI is InChI=1S/C13H20N2O2/c1-9(2)8-15(10(3)4)12-7-14-6-5-11(12)13(16)17/h5-7,9-10H,8H2,1-4H3,(H,16,17). The van der Waals surface area contributed by atoms with Crippen LogP contribution >= 0.6 is 0 Å². The first kappa shape index (κ1) is 13.5. The summed E-state index contributed by atoms with van der Waals surface area (Å²) >= 11 is 0. The highest BCUT2D eigenvalue weighted by Crippen LogP contribution is 2.22. The van der Waals surface area contributed by atoms with E-state index in [1.165, 1.54) is 6.20 Å². The molecular formula is C13H20N2O2. The lowest BCUT2D eigenvalue weighted by Crippen LogP contribution is -2.35. The van der Waals surface area contributed by atoms with E-state index in [1.54, 1.807) is 12.3 Å². The maximum absolute atomic E-state index is 11.2. The van der Waals surface area contributed by atoms with Crippen LogP contribution in [0.15, 0.2) is 18.5 Å². The fraction of sp³-hybridized carbons (Fsp3) is 0.538. The van der Waals surface area contributed by atoms with Crippen molar-refractivity contribution in [2.75, 3.05) is 11.4 Å². The molecule has 0 saturated carbocycles. The van der Waals surface area contributed by atoms with Crippen LogP contribution in [0.25, 0.3) is 0 Å². The molecule has 1 heterocycles. The molecule has 0 unspecified atom stereocenters. The zero-order valence-corrected chi connectivity index (χ0v) is 10.8. The molecule has 0 atom stereocenters. The Hall–Kier alpha value is -1.58. The van der Waals surface area contributed by atoms with Crippen LogP contribution < -0.4 is 4.90 Å². The van der Waals surface area contributed by atoms with Gasteiger partial charge in [0, 0.05) is 18.8 Å². The van der Waals surface area contributed by atoms with Crippen LogP contribution in [0, 0.1) is 5.92 Å². The summed E-state index contributed by atoms with van der Waals surface area (Å²) in [5.41, 5.74) is 1.01. The van der Waals surface area contributed by atoms with E-state index in [1.807, 2.05) is 0 Å². The molecule has 1 aromatic heterocycles. The number of aromatic nitrogens is 1. The zero-order chi connectivity index (χ0) is 13.0. The van der Waals surface area contributed by atoms with Gasteiger partial charge in [-0.2, -0.15) is 0 Å². The van der Waals surface area contributed by atoms with E-state index in [9.17, 15) is 9.90 Å². The average molecular weight is 236 g/mol. The number of aromatic carboxylic acids is 1. The first-order valence-electron chi connectivity index (χ1n) is 5.87. The number of carboxylic acids is 1. The second kappa shape index (κ2) is 5.66. The van der Waals surface area contributed by atoms with Gasteiger partial charge in [0.2, 0.25) is 0 Å². The highest BCUT2D eigenvalue weighted by Gasteiger charge is 2.19. The van der Waals surface area contributed by atoms with Crippen molar-refractivity contribution in [1.82, 2.24) is 4.98 Å². The van der Waals surface area contributed by atoms with Crippen molar-refractivity contribution in [3.63, 3.8) is 0 Å². The normalized spacial score (nSPS) is 10.9. The van der Waals surface area contributed by atoms with Crippen molar-refractivity contribution in [1.29, 1.82) is 0 Å². The number of nitrogens with zero attached hydrogens (tertiary/aromatic N) is 2. The number of carboxylic acid groups (broad SMARTS) is 1. The van der Waals surface area contributed by atoms with Crippen molar-refractivity contribution in [2.24, 2.45) is 5.92 Å².